The summed E-state index contributed by atoms with van der Waals surface area (Å²) < 4.78 is 0. The minimum absolute atomic E-state index is 0. The van der Waals surface area contributed by atoms with Crippen LogP contribution >= 0.6 is 0 Å². The predicted molar refractivity (Wildman–Crippen MR) is 113 cm³/mol. The molecule has 1 aromatic carbocycles. The van der Waals surface area contributed by atoms with E-state index in [0.29, 0.717) is 24.6 Å². The molecule has 0 saturated carbocycles. The number of nitrogens with one attached hydrogen (secondary N) is 3. The molecule has 2 aliphatic heterocycles. The second kappa shape index (κ2) is 13.9. The molecule has 5 N–H and O–H groups in total. The topological polar surface area (TPSA) is 204 Å². The second-order valence-electron chi connectivity index (χ2n) is 7.62. The standard InChI is InChI=1S/C20H25N7O6.2Na/c1-27-12(9-23-16-15(27)18(31)26-20(21)25-16)8-22-11-4-2-10(3-5-11)17(30)24-13(19(32)33)6-7-14(28)29;;/h2-5,12-13,15,22H,6-9H2,1H3,(H,24,30)(H,28,29)(H,32,33)(H3,21,23,25,26,31);;/q;2*+1/p-2. The molecule has 0 bridgehead atoms. The molecule has 0 aliphatic carbocycles. The number of rotatable bonds is 9. The van der Waals surface area contributed by atoms with Gasteiger partial charge in [0.05, 0.1) is 18.6 Å². The van der Waals surface area contributed by atoms with Crippen molar-refractivity contribution in [2.45, 2.75) is 31.0 Å². The summed E-state index contributed by atoms with van der Waals surface area (Å²) in [5.41, 5.74) is 6.45. The van der Waals surface area contributed by atoms with Gasteiger partial charge in [-0.15, -0.1) is 0 Å². The van der Waals surface area contributed by atoms with Crippen LogP contribution in [0.3, 0.4) is 0 Å². The Balaban J connectivity index is 0.00000306. The van der Waals surface area contributed by atoms with E-state index in [1.54, 1.807) is 19.2 Å². The summed E-state index contributed by atoms with van der Waals surface area (Å²) in [5.74, 6) is -3.57. The van der Waals surface area contributed by atoms with Crippen molar-refractivity contribution in [3.8, 4) is 0 Å². The van der Waals surface area contributed by atoms with Crippen LogP contribution in [0.25, 0.3) is 0 Å². The minimum Gasteiger partial charge on any atom is -0.550 e. The van der Waals surface area contributed by atoms with Gasteiger partial charge in [-0.3, -0.25) is 24.8 Å². The number of carboxylic acid groups (broad SMARTS) is 2. The Kier molecular flexibility index (Phi) is 12.3. The number of carboxylic acids is 2. The smallest absolute Gasteiger partial charge is 0.550 e. The van der Waals surface area contributed by atoms with Crippen molar-refractivity contribution in [1.82, 2.24) is 15.5 Å². The van der Waals surface area contributed by atoms with Crippen molar-refractivity contribution in [3.63, 3.8) is 0 Å². The van der Waals surface area contributed by atoms with Gasteiger partial charge in [-0.2, -0.15) is 4.99 Å². The average Bonchev–Trinajstić information content (AvgIpc) is 2.75. The first-order valence-electron chi connectivity index (χ1n) is 10.1. The Hall–Kier alpha value is -2.00. The monoisotopic (exact) mass is 503 g/mol. The number of anilines is 1. The zero-order chi connectivity index (χ0) is 24.1. The molecule has 1 aromatic rings. The van der Waals surface area contributed by atoms with E-state index in [2.05, 4.69) is 25.9 Å². The zero-order valence-electron chi connectivity index (χ0n) is 19.7. The molecule has 0 aromatic heterocycles. The molecule has 13 nitrogen and oxygen atoms in total. The molecule has 2 aliphatic rings. The number of amides is 2. The Labute approximate surface area is 245 Å². The van der Waals surface area contributed by atoms with Crippen LogP contribution in [0.2, 0.25) is 0 Å². The van der Waals surface area contributed by atoms with Gasteiger partial charge in [-0.1, -0.05) is 0 Å². The van der Waals surface area contributed by atoms with Gasteiger partial charge in [0.15, 0.2) is 11.9 Å². The quantitative estimate of drug-likeness (QED) is 0.236. The SMILES string of the molecule is CN1C(CNc2ccc(C(=O)NC(CCC(=O)[O-])C(=O)[O-])cc2)CN=C2N=C(N)NC(=O)C21.[Na+].[Na+]. The second-order valence-corrected chi connectivity index (χ2v) is 7.62. The maximum absolute atomic E-state index is 12.3. The van der Waals surface area contributed by atoms with Gasteiger partial charge >= 0.3 is 59.1 Å². The fraction of sp³-hybridized carbons (Fsp3) is 0.400. The number of amidine groups is 1. The molecule has 176 valence electrons. The van der Waals surface area contributed by atoms with Gasteiger partial charge in [0.2, 0.25) is 5.96 Å². The number of fused-ring (bicyclic) bond motifs is 1. The predicted octanol–water partition coefficient (Wildman–Crippen LogP) is -9.99. The van der Waals surface area contributed by atoms with E-state index in [0.717, 1.165) is 0 Å². The van der Waals surface area contributed by atoms with Crippen molar-refractivity contribution in [3.05, 3.63) is 29.8 Å². The van der Waals surface area contributed by atoms with E-state index in [1.807, 2.05) is 4.90 Å². The summed E-state index contributed by atoms with van der Waals surface area (Å²) in [7, 11) is 1.80. The number of carbonyl (C=O) groups excluding carboxylic acids is 4. The third kappa shape index (κ3) is 8.27. The van der Waals surface area contributed by atoms with Gasteiger partial charge in [-0.25, -0.2) is 0 Å². The van der Waals surface area contributed by atoms with Crippen LogP contribution in [0.15, 0.2) is 34.3 Å². The Morgan fingerprint density at radius 1 is 1.23 bits per heavy atom. The van der Waals surface area contributed by atoms with Crippen LogP contribution in [-0.2, 0) is 14.4 Å². The third-order valence-electron chi connectivity index (χ3n) is 5.34. The fourth-order valence-corrected chi connectivity index (χ4v) is 3.49. The Morgan fingerprint density at radius 2 is 1.89 bits per heavy atom. The number of nitrogens with zero attached hydrogens (tertiary/aromatic N) is 3. The van der Waals surface area contributed by atoms with E-state index >= 15 is 0 Å². The number of nitrogens with two attached hydrogens (primary N) is 1. The molecular weight excluding hydrogens is 480 g/mol. The summed E-state index contributed by atoms with van der Waals surface area (Å²) in [5, 5.41) is 29.6. The first-order chi connectivity index (χ1) is 15.7. The van der Waals surface area contributed by atoms with Crippen LogP contribution in [0.5, 0.6) is 0 Å². The number of benzene rings is 1. The van der Waals surface area contributed by atoms with Crippen molar-refractivity contribution in [2.24, 2.45) is 15.7 Å². The van der Waals surface area contributed by atoms with Gasteiger partial charge < -0.3 is 36.2 Å². The van der Waals surface area contributed by atoms with Gasteiger partial charge in [0, 0.05) is 29.8 Å². The molecule has 3 rings (SSSR count). The molecular formula is C20H23N7Na2O6. The largest absolute Gasteiger partial charge is 1.00 e. The molecule has 2 amide bonds. The number of carbonyl (C=O) groups is 4. The third-order valence-corrected chi connectivity index (χ3v) is 5.34. The number of aliphatic carboxylic acids is 2. The summed E-state index contributed by atoms with van der Waals surface area (Å²) in [6.45, 7) is 0.869. The van der Waals surface area contributed by atoms with Gasteiger partial charge in [0.25, 0.3) is 11.8 Å². The maximum atomic E-state index is 12.3. The molecule has 2 heterocycles. The normalized spacial score (nSPS) is 19.9. The fourth-order valence-electron chi connectivity index (χ4n) is 3.49. The van der Waals surface area contributed by atoms with Crippen LogP contribution in [0, 0.1) is 0 Å². The van der Waals surface area contributed by atoms with Crippen molar-refractivity contribution in [2.75, 3.05) is 25.5 Å². The molecule has 0 fully saturated rings. The van der Waals surface area contributed by atoms with Crippen molar-refractivity contribution in [1.29, 1.82) is 0 Å². The van der Waals surface area contributed by atoms with Gasteiger partial charge in [-0.05, 0) is 44.2 Å². The first kappa shape index (κ1) is 31.0. The van der Waals surface area contributed by atoms with E-state index in [-0.39, 0.29) is 89.0 Å². The summed E-state index contributed by atoms with van der Waals surface area (Å²) in [6, 6.07) is 4.09. The summed E-state index contributed by atoms with van der Waals surface area (Å²) in [4.78, 5) is 56.5. The van der Waals surface area contributed by atoms with Crippen molar-refractivity contribution >= 4 is 41.2 Å². The van der Waals surface area contributed by atoms with Crippen molar-refractivity contribution < 1.29 is 88.5 Å². The first-order valence-corrected chi connectivity index (χ1v) is 10.1. The Bertz CT molecular complexity index is 1020. The number of aliphatic imine (C=N–C) groups is 2. The number of guanidine groups is 1. The molecule has 0 spiro atoms. The average molecular weight is 503 g/mol. The number of hydrogen-bond acceptors (Lipinski definition) is 11. The summed E-state index contributed by atoms with van der Waals surface area (Å²) >= 11 is 0. The maximum Gasteiger partial charge on any atom is 1.00 e. The minimum atomic E-state index is -1.58. The molecule has 35 heavy (non-hydrogen) atoms. The van der Waals surface area contributed by atoms with Crippen LogP contribution in [0.1, 0.15) is 23.2 Å². The Morgan fingerprint density at radius 3 is 2.49 bits per heavy atom. The zero-order valence-corrected chi connectivity index (χ0v) is 23.7. The van der Waals surface area contributed by atoms with Crippen LogP contribution in [-0.4, -0.2) is 78.7 Å². The number of hydrogen-bond donors (Lipinski definition) is 4. The van der Waals surface area contributed by atoms with E-state index in [4.69, 9.17) is 5.73 Å². The number of likely N-dealkylation sites (N-methyl/N-ethyl adjacent to an activating group) is 1. The van der Waals surface area contributed by atoms with E-state index in [1.165, 1.54) is 12.1 Å². The van der Waals surface area contributed by atoms with Crippen LogP contribution < -0.4 is 91.0 Å². The molecule has 0 saturated heterocycles. The molecule has 3 atom stereocenters. The van der Waals surface area contributed by atoms with Crippen LogP contribution in [0.4, 0.5) is 5.69 Å². The van der Waals surface area contributed by atoms with Gasteiger partial charge in [0.1, 0.15) is 0 Å². The molecule has 3 unspecified atom stereocenters. The summed E-state index contributed by atoms with van der Waals surface area (Å²) in [6.07, 6.45) is -0.864. The van der Waals surface area contributed by atoms with E-state index in [9.17, 15) is 29.4 Å². The van der Waals surface area contributed by atoms with E-state index < -0.39 is 36.4 Å². The molecule has 0 radical (unpaired) electrons. The molecule has 15 heteroatoms.